The quantitative estimate of drug-likeness (QED) is 0.245. The highest BCUT2D eigenvalue weighted by molar-refractivity contribution is 7.80. The monoisotopic (exact) mass is 433 g/mol. The van der Waals surface area contributed by atoms with Crippen LogP contribution in [-0.4, -0.2) is 30.2 Å². The highest BCUT2D eigenvalue weighted by atomic mass is 32.1. The van der Waals surface area contributed by atoms with E-state index in [0.717, 1.165) is 19.2 Å². The van der Waals surface area contributed by atoms with Crippen LogP contribution in [-0.2, 0) is 0 Å². The van der Waals surface area contributed by atoms with Crippen molar-refractivity contribution < 1.29 is 36.8 Å². The number of nitrogens with zero attached hydrogens (tertiary/aromatic N) is 1. The predicted octanol–water partition coefficient (Wildman–Crippen LogP) is 3.30. The van der Waals surface area contributed by atoms with E-state index in [1.165, 1.54) is 13.2 Å². The van der Waals surface area contributed by atoms with Crippen LogP contribution in [0.25, 0.3) is 0 Å². The van der Waals surface area contributed by atoms with Gasteiger partial charge in [0.1, 0.15) is 11.3 Å². The number of rotatable bonds is 5. The van der Waals surface area contributed by atoms with Gasteiger partial charge in [-0.3, -0.25) is 20.2 Å². The van der Waals surface area contributed by atoms with E-state index in [0.29, 0.717) is 0 Å². The lowest BCUT2D eigenvalue weighted by Gasteiger charge is -2.14. The first-order valence-electron chi connectivity index (χ1n) is 7.47. The summed E-state index contributed by atoms with van der Waals surface area (Å²) in [5.74, 6) is -10.7. The van der Waals surface area contributed by atoms with Crippen LogP contribution in [0.4, 0.5) is 28.9 Å². The average Bonchev–Trinajstić information content (AvgIpc) is 2.67. The van der Waals surface area contributed by atoms with Gasteiger partial charge in [-0.25, -0.2) is 8.78 Å². The smallest absolute Gasteiger partial charge is 0.273 e. The molecule has 2 rings (SSSR count). The number of hydrogen-bond donors (Lipinski definition) is 2. The third kappa shape index (κ3) is 4.34. The van der Waals surface area contributed by atoms with E-state index in [1.807, 2.05) is 5.32 Å². The Bertz CT molecular complexity index is 990. The van der Waals surface area contributed by atoms with Crippen molar-refractivity contribution in [3.63, 3.8) is 0 Å². The molecule has 2 aromatic rings. The lowest BCUT2D eigenvalue weighted by atomic mass is 10.1. The Labute approximate surface area is 165 Å². The molecule has 0 aliphatic heterocycles. The Balaban J connectivity index is 2.27. The van der Waals surface area contributed by atoms with Crippen LogP contribution >= 0.6 is 12.2 Å². The van der Waals surface area contributed by atoms with Crippen LogP contribution < -0.4 is 20.1 Å². The molecule has 0 heterocycles. The number of hydrogen-bond acceptors (Lipinski definition) is 6. The summed E-state index contributed by atoms with van der Waals surface area (Å²) in [6, 6.07) is 3.35. The highest BCUT2D eigenvalue weighted by Crippen LogP contribution is 2.30. The molecule has 2 N–H and O–H groups in total. The van der Waals surface area contributed by atoms with Crippen LogP contribution in [0.15, 0.2) is 18.2 Å². The van der Waals surface area contributed by atoms with Gasteiger partial charge in [-0.05, 0) is 18.3 Å². The molecular weight excluding hydrogens is 422 g/mol. The van der Waals surface area contributed by atoms with Gasteiger partial charge in [0.15, 0.2) is 22.5 Å². The molecule has 0 saturated heterocycles. The molecule has 0 bridgehead atoms. The molecule has 13 heteroatoms. The molecule has 2 aromatic carbocycles. The number of nitro groups is 1. The molecule has 8 nitrogen and oxygen atoms in total. The SMILES string of the molecule is COc1cc([N+](=O)[O-])ccc1NC(=S)NC(=O)c1c(F)c(F)c(OC)c(F)c1F. The summed E-state index contributed by atoms with van der Waals surface area (Å²) in [7, 11) is 2.00. The molecule has 154 valence electrons. The van der Waals surface area contributed by atoms with E-state index in [9.17, 15) is 32.5 Å². The molecule has 0 aliphatic rings. The Morgan fingerprint density at radius 3 is 2.14 bits per heavy atom. The standard InChI is InChI=1S/C16H11F4N3O5S/c1-27-8-5-6(23(25)26)3-4-7(8)21-16(29)22-15(24)9-10(17)12(19)14(28-2)13(20)11(9)18/h3-5H,1-2H3,(H2,21,22,24,29). The first kappa shape index (κ1) is 21.8. The number of carbonyl (C=O) groups excluding carboxylic acids is 1. The van der Waals surface area contributed by atoms with Crippen molar-refractivity contribution in [1.82, 2.24) is 5.32 Å². The fraction of sp³-hybridized carbons (Fsp3) is 0.125. The van der Waals surface area contributed by atoms with Crippen molar-refractivity contribution >= 4 is 34.6 Å². The van der Waals surface area contributed by atoms with Crippen molar-refractivity contribution in [3.8, 4) is 11.5 Å². The third-order valence-corrected chi connectivity index (χ3v) is 3.73. The fourth-order valence-electron chi connectivity index (χ4n) is 2.21. The van der Waals surface area contributed by atoms with Gasteiger partial charge in [0.05, 0.1) is 30.9 Å². The summed E-state index contributed by atoms with van der Waals surface area (Å²) in [4.78, 5) is 22.2. The zero-order valence-electron chi connectivity index (χ0n) is 14.6. The van der Waals surface area contributed by atoms with Gasteiger partial charge in [0.25, 0.3) is 11.6 Å². The van der Waals surface area contributed by atoms with E-state index >= 15 is 0 Å². The van der Waals surface area contributed by atoms with Crippen LogP contribution in [0.1, 0.15) is 10.4 Å². The lowest BCUT2D eigenvalue weighted by Crippen LogP contribution is -2.35. The van der Waals surface area contributed by atoms with E-state index in [1.54, 1.807) is 0 Å². The van der Waals surface area contributed by atoms with Crippen molar-refractivity contribution in [2.24, 2.45) is 0 Å². The number of carbonyl (C=O) groups is 1. The topological polar surface area (TPSA) is 103 Å². The third-order valence-electron chi connectivity index (χ3n) is 3.53. The number of amides is 1. The molecule has 0 fully saturated rings. The fourth-order valence-corrected chi connectivity index (χ4v) is 2.41. The molecule has 0 aliphatic carbocycles. The van der Waals surface area contributed by atoms with Crippen molar-refractivity contribution in [3.05, 3.63) is 57.1 Å². The largest absolute Gasteiger partial charge is 0.494 e. The number of thiocarbonyl (C=S) groups is 1. The van der Waals surface area contributed by atoms with E-state index in [4.69, 9.17) is 17.0 Å². The van der Waals surface area contributed by atoms with Gasteiger partial charge in [-0.2, -0.15) is 8.78 Å². The summed E-state index contributed by atoms with van der Waals surface area (Å²) in [5.41, 5.74) is -1.78. The van der Waals surface area contributed by atoms with Crippen LogP contribution in [0.3, 0.4) is 0 Å². The van der Waals surface area contributed by atoms with Gasteiger partial charge in [0, 0.05) is 6.07 Å². The average molecular weight is 433 g/mol. The van der Waals surface area contributed by atoms with Crippen molar-refractivity contribution in [1.29, 1.82) is 0 Å². The van der Waals surface area contributed by atoms with Gasteiger partial charge < -0.3 is 14.8 Å². The normalized spacial score (nSPS) is 10.3. The Morgan fingerprint density at radius 1 is 1.07 bits per heavy atom. The number of nitro benzene ring substituents is 1. The molecular formula is C16H11F4N3O5S. The molecule has 0 unspecified atom stereocenters. The van der Waals surface area contributed by atoms with Crippen LogP contribution in [0, 0.1) is 33.4 Å². The molecule has 0 radical (unpaired) electrons. The summed E-state index contributed by atoms with van der Waals surface area (Å²) in [6.45, 7) is 0. The summed E-state index contributed by atoms with van der Waals surface area (Å²) in [5, 5.41) is 14.5. The van der Waals surface area contributed by atoms with Crippen LogP contribution in [0.5, 0.6) is 11.5 Å². The zero-order valence-corrected chi connectivity index (χ0v) is 15.5. The number of halogens is 4. The van der Waals surface area contributed by atoms with Crippen molar-refractivity contribution in [2.45, 2.75) is 0 Å². The van der Waals surface area contributed by atoms with E-state index in [2.05, 4.69) is 10.1 Å². The summed E-state index contributed by atoms with van der Waals surface area (Å²) < 4.78 is 64.6. The maximum atomic E-state index is 14.0. The summed E-state index contributed by atoms with van der Waals surface area (Å²) in [6.07, 6.45) is 0. The number of benzene rings is 2. The second kappa shape index (κ2) is 8.68. The zero-order chi connectivity index (χ0) is 21.9. The van der Waals surface area contributed by atoms with Gasteiger partial charge in [0.2, 0.25) is 11.6 Å². The van der Waals surface area contributed by atoms with Crippen molar-refractivity contribution in [2.75, 3.05) is 19.5 Å². The number of nitrogens with one attached hydrogen (secondary N) is 2. The molecule has 29 heavy (non-hydrogen) atoms. The lowest BCUT2D eigenvalue weighted by molar-refractivity contribution is -0.384. The van der Waals surface area contributed by atoms with E-state index < -0.39 is 50.5 Å². The second-order valence-electron chi connectivity index (χ2n) is 5.21. The Kier molecular flexibility index (Phi) is 6.53. The first-order chi connectivity index (χ1) is 13.6. The number of ether oxygens (including phenoxy) is 2. The first-order valence-corrected chi connectivity index (χ1v) is 7.87. The van der Waals surface area contributed by atoms with E-state index in [-0.39, 0.29) is 17.1 Å². The minimum atomic E-state index is -1.98. The van der Waals surface area contributed by atoms with Crippen LogP contribution in [0.2, 0.25) is 0 Å². The molecule has 0 atom stereocenters. The Morgan fingerprint density at radius 2 is 1.66 bits per heavy atom. The maximum Gasteiger partial charge on any atom is 0.273 e. The summed E-state index contributed by atoms with van der Waals surface area (Å²) >= 11 is 4.82. The highest BCUT2D eigenvalue weighted by Gasteiger charge is 2.30. The minimum Gasteiger partial charge on any atom is -0.494 e. The van der Waals surface area contributed by atoms with Gasteiger partial charge in [-0.15, -0.1) is 0 Å². The van der Waals surface area contributed by atoms with Gasteiger partial charge in [-0.1, -0.05) is 0 Å². The Hall–Kier alpha value is -3.48. The molecule has 0 spiro atoms. The molecule has 0 saturated carbocycles. The number of anilines is 1. The van der Waals surface area contributed by atoms with Gasteiger partial charge >= 0.3 is 0 Å². The number of methoxy groups -OCH3 is 2. The number of non-ortho nitro benzene ring substituents is 1. The predicted molar refractivity (Wildman–Crippen MR) is 96.2 cm³/mol. The minimum absolute atomic E-state index is 0.0327. The second-order valence-corrected chi connectivity index (χ2v) is 5.62. The molecule has 1 amide bonds. The molecule has 0 aromatic heterocycles. The maximum absolute atomic E-state index is 14.0.